The van der Waals surface area contributed by atoms with Gasteiger partial charge < -0.3 is 4.90 Å². The molecule has 0 fully saturated rings. The maximum absolute atomic E-state index is 4.09. The smallest absolute Gasteiger partial charge is 0.109 e. The van der Waals surface area contributed by atoms with Gasteiger partial charge in [0.1, 0.15) is 6.67 Å². The Hall–Kier alpha value is -0.790. The Morgan fingerprint density at radius 1 is 1.56 bits per heavy atom. The van der Waals surface area contributed by atoms with Gasteiger partial charge in [0.2, 0.25) is 0 Å². The molecule has 0 aromatic heterocycles. The molecule has 1 aliphatic rings. The molecule has 0 aromatic rings. The summed E-state index contributed by atoms with van der Waals surface area (Å²) in [5, 5.41) is 0. The topological polar surface area (TPSA) is 15.6 Å². The zero-order valence-electron chi connectivity index (χ0n) is 5.91. The summed E-state index contributed by atoms with van der Waals surface area (Å²) in [5.41, 5.74) is 0. The van der Waals surface area contributed by atoms with Crippen molar-refractivity contribution in [3.05, 3.63) is 12.3 Å². The van der Waals surface area contributed by atoms with Crippen LogP contribution in [-0.2, 0) is 0 Å². The summed E-state index contributed by atoms with van der Waals surface area (Å²) in [6, 6.07) is 0.568. The molecule has 1 rings (SSSR count). The van der Waals surface area contributed by atoms with Gasteiger partial charge in [0, 0.05) is 18.5 Å². The third kappa shape index (κ3) is 1.56. The minimum absolute atomic E-state index is 0.568. The number of allylic oxidation sites excluding steroid dienone is 1. The van der Waals surface area contributed by atoms with E-state index >= 15 is 0 Å². The fourth-order valence-electron chi connectivity index (χ4n) is 0.734. The second-order valence-corrected chi connectivity index (χ2v) is 2.42. The molecule has 2 nitrogen and oxygen atoms in total. The van der Waals surface area contributed by atoms with Crippen LogP contribution in [0.4, 0.5) is 0 Å². The molecule has 0 saturated heterocycles. The van der Waals surface area contributed by atoms with E-state index in [0.717, 1.165) is 6.67 Å². The molecule has 50 valence electrons. The van der Waals surface area contributed by atoms with E-state index in [1.807, 2.05) is 12.3 Å². The zero-order valence-corrected chi connectivity index (χ0v) is 5.91. The van der Waals surface area contributed by atoms with E-state index < -0.39 is 0 Å². The molecule has 0 atom stereocenters. The molecular weight excluding hydrogens is 112 g/mol. The molecule has 0 aromatic carbocycles. The zero-order chi connectivity index (χ0) is 6.69. The number of hydrogen-bond acceptors (Lipinski definition) is 2. The largest absolute Gasteiger partial charge is 0.356 e. The van der Waals surface area contributed by atoms with Crippen LogP contribution in [0.25, 0.3) is 0 Å². The fraction of sp³-hybridized carbons (Fsp3) is 0.571. The van der Waals surface area contributed by atoms with E-state index in [-0.39, 0.29) is 0 Å². The second kappa shape index (κ2) is 2.67. The van der Waals surface area contributed by atoms with Crippen molar-refractivity contribution in [2.24, 2.45) is 4.99 Å². The third-order valence-corrected chi connectivity index (χ3v) is 1.38. The van der Waals surface area contributed by atoms with Crippen molar-refractivity contribution in [1.29, 1.82) is 0 Å². The van der Waals surface area contributed by atoms with Gasteiger partial charge in [-0.25, -0.2) is 0 Å². The normalized spacial score (nSPS) is 17.4. The van der Waals surface area contributed by atoms with Crippen LogP contribution in [-0.4, -0.2) is 23.8 Å². The monoisotopic (exact) mass is 124 g/mol. The first-order valence-electron chi connectivity index (χ1n) is 3.23. The van der Waals surface area contributed by atoms with Gasteiger partial charge in [0.15, 0.2) is 0 Å². The van der Waals surface area contributed by atoms with E-state index in [4.69, 9.17) is 0 Å². The average molecular weight is 124 g/mol. The second-order valence-electron chi connectivity index (χ2n) is 2.42. The number of aliphatic imine (C=N–C) groups is 1. The first-order valence-corrected chi connectivity index (χ1v) is 3.23. The Morgan fingerprint density at radius 2 is 2.33 bits per heavy atom. The Bertz CT molecular complexity index is 136. The molecule has 9 heavy (non-hydrogen) atoms. The van der Waals surface area contributed by atoms with Gasteiger partial charge in [-0.2, -0.15) is 0 Å². The van der Waals surface area contributed by atoms with E-state index in [1.165, 1.54) is 0 Å². The van der Waals surface area contributed by atoms with Crippen molar-refractivity contribution in [2.45, 2.75) is 19.9 Å². The summed E-state index contributed by atoms with van der Waals surface area (Å²) in [4.78, 5) is 6.27. The summed E-state index contributed by atoms with van der Waals surface area (Å²) in [7, 11) is 0. The van der Waals surface area contributed by atoms with Crippen molar-refractivity contribution < 1.29 is 0 Å². The number of rotatable bonds is 1. The molecule has 0 bridgehead atoms. The SMILES string of the molecule is CC(C)N1C=CC=NC1. The predicted octanol–water partition coefficient (Wildman–Crippen LogP) is 1.25. The first kappa shape index (κ1) is 6.33. The highest BCUT2D eigenvalue weighted by molar-refractivity contribution is 5.71. The first-order chi connectivity index (χ1) is 4.30. The van der Waals surface area contributed by atoms with Crippen molar-refractivity contribution in [2.75, 3.05) is 6.67 Å². The number of nitrogens with zero attached hydrogens (tertiary/aromatic N) is 2. The van der Waals surface area contributed by atoms with Crippen LogP contribution in [0, 0.1) is 0 Å². The third-order valence-electron chi connectivity index (χ3n) is 1.38. The minimum atomic E-state index is 0.568. The van der Waals surface area contributed by atoms with Crippen LogP contribution in [0.2, 0.25) is 0 Å². The van der Waals surface area contributed by atoms with Crippen LogP contribution in [0.15, 0.2) is 17.3 Å². The van der Waals surface area contributed by atoms with Crippen LogP contribution in [0.3, 0.4) is 0 Å². The van der Waals surface area contributed by atoms with Crippen LogP contribution in [0.5, 0.6) is 0 Å². The van der Waals surface area contributed by atoms with Gasteiger partial charge in [-0.1, -0.05) is 0 Å². The van der Waals surface area contributed by atoms with E-state index in [9.17, 15) is 0 Å². The Kier molecular flexibility index (Phi) is 1.88. The lowest BCUT2D eigenvalue weighted by atomic mass is 10.3. The summed E-state index contributed by atoms with van der Waals surface area (Å²) in [5.74, 6) is 0. The molecule has 0 N–H and O–H groups in total. The van der Waals surface area contributed by atoms with Gasteiger partial charge in [-0.3, -0.25) is 4.99 Å². The molecule has 1 aliphatic heterocycles. The molecule has 0 amide bonds. The summed E-state index contributed by atoms with van der Waals surface area (Å²) >= 11 is 0. The van der Waals surface area contributed by atoms with E-state index in [0.29, 0.717) is 6.04 Å². The van der Waals surface area contributed by atoms with Gasteiger partial charge in [-0.05, 0) is 19.9 Å². The maximum Gasteiger partial charge on any atom is 0.109 e. The summed E-state index contributed by atoms with van der Waals surface area (Å²) in [6.07, 6.45) is 5.86. The molecule has 0 aliphatic carbocycles. The Morgan fingerprint density at radius 3 is 2.67 bits per heavy atom. The summed E-state index contributed by atoms with van der Waals surface area (Å²) in [6.45, 7) is 5.13. The molecular formula is C7H12N2. The van der Waals surface area contributed by atoms with E-state index in [1.54, 1.807) is 0 Å². The molecule has 0 radical (unpaired) electrons. The standard InChI is InChI=1S/C7H12N2/c1-7(2)9-5-3-4-8-6-9/h3-5,7H,6H2,1-2H3. The average Bonchev–Trinajstić information content (AvgIpc) is 1.90. The van der Waals surface area contributed by atoms with Gasteiger partial charge in [0.05, 0.1) is 0 Å². The van der Waals surface area contributed by atoms with E-state index in [2.05, 4.69) is 29.9 Å². The van der Waals surface area contributed by atoms with Crippen molar-refractivity contribution >= 4 is 6.21 Å². The molecule has 1 heterocycles. The highest BCUT2D eigenvalue weighted by atomic mass is 15.2. The lowest BCUT2D eigenvalue weighted by Crippen LogP contribution is -2.26. The van der Waals surface area contributed by atoms with Crippen molar-refractivity contribution in [3.8, 4) is 0 Å². The highest BCUT2D eigenvalue weighted by Gasteiger charge is 2.02. The summed E-state index contributed by atoms with van der Waals surface area (Å²) < 4.78 is 0. The van der Waals surface area contributed by atoms with Crippen molar-refractivity contribution in [1.82, 2.24) is 4.90 Å². The molecule has 0 spiro atoms. The van der Waals surface area contributed by atoms with Crippen LogP contribution in [0.1, 0.15) is 13.8 Å². The quantitative estimate of drug-likeness (QED) is 0.513. The Balaban J connectivity index is 2.46. The molecule has 0 saturated carbocycles. The van der Waals surface area contributed by atoms with Gasteiger partial charge in [-0.15, -0.1) is 0 Å². The van der Waals surface area contributed by atoms with Crippen LogP contribution < -0.4 is 0 Å². The lowest BCUT2D eigenvalue weighted by Gasteiger charge is -2.23. The van der Waals surface area contributed by atoms with Gasteiger partial charge >= 0.3 is 0 Å². The fourth-order valence-corrected chi connectivity index (χ4v) is 0.734. The minimum Gasteiger partial charge on any atom is -0.356 e. The highest BCUT2D eigenvalue weighted by Crippen LogP contribution is 2.00. The Labute approximate surface area is 55.9 Å². The number of hydrogen-bond donors (Lipinski definition) is 0. The predicted molar refractivity (Wildman–Crippen MR) is 39.5 cm³/mol. The van der Waals surface area contributed by atoms with Gasteiger partial charge in [0.25, 0.3) is 0 Å². The molecule has 0 unspecified atom stereocenters. The maximum atomic E-state index is 4.09. The van der Waals surface area contributed by atoms with Crippen molar-refractivity contribution in [3.63, 3.8) is 0 Å². The van der Waals surface area contributed by atoms with Crippen LogP contribution >= 0.6 is 0 Å². The molecule has 2 heteroatoms. The lowest BCUT2D eigenvalue weighted by molar-refractivity contribution is 0.319.